The zero-order valence-electron chi connectivity index (χ0n) is 14.0. The average molecular weight is 345 g/mol. The molecule has 2 heterocycles. The molecule has 1 aromatic carbocycles. The largest absolute Gasteiger partial charge is 0.493 e. The Balaban J connectivity index is 1.64. The molecule has 0 spiro atoms. The molecule has 3 rings (SSSR count). The fourth-order valence-electron chi connectivity index (χ4n) is 2.63. The van der Waals surface area contributed by atoms with E-state index in [0.29, 0.717) is 35.8 Å². The quantitative estimate of drug-likeness (QED) is 0.817. The Morgan fingerprint density at radius 3 is 2.80 bits per heavy atom. The summed E-state index contributed by atoms with van der Waals surface area (Å²) in [5, 5.41) is 9.33. The number of nitrogens with one attached hydrogen (secondary N) is 2. The molecular weight excluding hydrogens is 326 g/mol. The lowest BCUT2D eigenvalue weighted by Crippen LogP contribution is -2.41. The van der Waals surface area contributed by atoms with E-state index in [4.69, 9.17) is 14.0 Å². The Morgan fingerprint density at radius 2 is 2.12 bits per heavy atom. The zero-order valence-corrected chi connectivity index (χ0v) is 14.0. The van der Waals surface area contributed by atoms with Crippen LogP contribution in [0.15, 0.2) is 28.8 Å². The van der Waals surface area contributed by atoms with Gasteiger partial charge in [-0.2, -0.15) is 0 Å². The summed E-state index contributed by atoms with van der Waals surface area (Å²) >= 11 is 0. The van der Waals surface area contributed by atoms with Crippen molar-refractivity contribution in [3.05, 3.63) is 30.0 Å². The van der Waals surface area contributed by atoms with E-state index in [2.05, 4.69) is 15.8 Å². The molecule has 2 aromatic rings. The summed E-state index contributed by atoms with van der Waals surface area (Å²) in [7, 11) is 3.13. The number of benzene rings is 1. The second kappa shape index (κ2) is 7.25. The van der Waals surface area contributed by atoms with Crippen LogP contribution in [0.1, 0.15) is 18.5 Å². The Hall–Kier alpha value is -3.03. The number of carbonyl (C=O) groups is 2. The highest BCUT2D eigenvalue weighted by Gasteiger charge is 2.27. The second-order valence-electron chi connectivity index (χ2n) is 5.63. The van der Waals surface area contributed by atoms with E-state index in [1.165, 1.54) is 0 Å². The Morgan fingerprint density at radius 1 is 1.32 bits per heavy atom. The first-order chi connectivity index (χ1) is 12.1. The number of hydrogen-bond acceptors (Lipinski definition) is 6. The number of aromatic nitrogens is 1. The predicted octanol–water partition coefficient (Wildman–Crippen LogP) is 1.25. The standard InChI is InChI=1S/C17H19N3O5/c1-23-13-5-3-10(7-15(13)24-2)14-8-11(20-25-14)9-18-17(22)12-4-6-16(21)19-12/h3,5,7-8,12H,4,6,9H2,1-2H3,(H,18,22)(H,19,21). The van der Waals surface area contributed by atoms with Crippen molar-refractivity contribution < 1.29 is 23.6 Å². The molecule has 0 bridgehead atoms. The van der Waals surface area contributed by atoms with Crippen LogP contribution in [0.5, 0.6) is 11.5 Å². The molecule has 8 heteroatoms. The number of carbonyl (C=O) groups excluding carboxylic acids is 2. The minimum atomic E-state index is -0.468. The van der Waals surface area contributed by atoms with Gasteiger partial charge in [-0.3, -0.25) is 9.59 Å². The predicted molar refractivity (Wildman–Crippen MR) is 88.1 cm³/mol. The van der Waals surface area contributed by atoms with Crippen LogP contribution in [0.2, 0.25) is 0 Å². The van der Waals surface area contributed by atoms with E-state index in [-0.39, 0.29) is 18.4 Å². The molecular formula is C17H19N3O5. The van der Waals surface area contributed by atoms with Gasteiger partial charge in [0.2, 0.25) is 11.8 Å². The van der Waals surface area contributed by atoms with Crippen molar-refractivity contribution in [2.75, 3.05) is 14.2 Å². The molecule has 1 aliphatic heterocycles. The molecule has 0 radical (unpaired) electrons. The first-order valence-electron chi connectivity index (χ1n) is 7.85. The highest BCUT2D eigenvalue weighted by molar-refractivity contribution is 5.90. The van der Waals surface area contributed by atoms with E-state index in [1.807, 2.05) is 6.07 Å². The first kappa shape index (κ1) is 16.8. The lowest BCUT2D eigenvalue weighted by atomic mass is 10.1. The second-order valence-corrected chi connectivity index (χ2v) is 5.63. The van der Waals surface area contributed by atoms with Crippen LogP contribution in [0, 0.1) is 0 Å². The summed E-state index contributed by atoms with van der Waals surface area (Å²) in [4.78, 5) is 23.1. The summed E-state index contributed by atoms with van der Waals surface area (Å²) in [6.07, 6.45) is 0.895. The maximum Gasteiger partial charge on any atom is 0.242 e. The number of nitrogens with zero attached hydrogens (tertiary/aromatic N) is 1. The summed E-state index contributed by atoms with van der Waals surface area (Å²) in [6, 6.07) is 6.67. The molecule has 1 atom stereocenters. The maximum absolute atomic E-state index is 12.0. The highest BCUT2D eigenvalue weighted by Crippen LogP contribution is 2.32. The smallest absolute Gasteiger partial charge is 0.242 e. The van der Waals surface area contributed by atoms with Crippen LogP contribution < -0.4 is 20.1 Å². The third-order valence-corrected chi connectivity index (χ3v) is 3.98. The van der Waals surface area contributed by atoms with Crippen molar-refractivity contribution in [3.63, 3.8) is 0 Å². The molecule has 1 fully saturated rings. The number of ether oxygens (including phenoxy) is 2. The van der Waals surface area contributed by atoms with Gasteiger partial charge in [0, 0.05) is 18.1 Å². The van der Waals surface area contributed by atoms with Gasteiger partial charge in [0.25, 0.3) is 0 Å². The van der Waals surface area contributed by atoms with Crippen molar-refractivity contribution in [2.24, 2.45) is 0 Å². The van der Waals surface area contributed by atoms with Crippen LogP contribution in [0.25, 0.3) is 11.3 Å². The third kappa shape index (κ3) is 3.73. The molecule has 0 saturated carbocycles. The molecule has 25 heavy (non-hydrogen) atoms. The first-order valence-corrected chi connectivity index (χ1v) is 7.85. The molecule has 0 aliphatic carbocycles. The summed E-state index contributed by atoms with van der Waals surface area (Å²) in [6.45, 7) is 0.224. The van der Waals surface area contributed by atoms with Gasteiger partial charge in [-0.25, -0.2) is 0 Å². The average Bonchev–Trinajstić information content (AvgIpc) is 3.28. The van der Waals surface area contributed by atoms with Crippen molar-refractivity contribution in [1.82, 2.24) is 15.8 Å². The summed E-state index contributed by atoms with van der Waals surface area (Å²) in [5.74, 6) is 1.44. The van der Waals surface area contributed by atoms with E-state index in [1.54, 1.807) is 32.4 Å². The lowest BCUT2D eigenvalue weighted by Gasteiger charge is -2.09. The van der Waals surface area contributed by atoms with Crippen LogP contribution in [-0.2, 0) is 16.1 Å². The number of amides is 2. The van der Waals surface area contributed by atoms with E-state index in [9.17, 15) is 9.59 Å². The van der Waals surface area contributed by atoms with Gasteiger partial charge in [0.1, 0.15) is 11.7 Å². The molecule has 132 valence electrons. The highest BCUT2D eigenvalue weighted by atomic mass is 16.5. The van der Waals surface area contributed by atoms with Gasteiger partial charge in [-0.15, -0.1) is 0 Å². The zero-order chi connectivity index (χ0) is 17.8. The molecule has 2 amide bonds. The van der Waals surface area contributed by atoms with Gasteiger partial charge in [0.15, 0.2) is 17.3 Å². The van der Waals surface area contributed by atoms with E-state index >= 15 is 0 Å². The molecule has 1 aromatic heterocycles. The SMILES string of the molecule is COc1ccc(-c2cc(CNC(=O)C3CCC(=O)N3)no2)cc1OC. The minimum absolute atomic E-state index is 0.0997. The maximum atomic E-state index is 12.0. The molecule has 1 saturated heterocycles. The van der Waals surface area contributed by atoms with E-state index in [0.717, 1.165) is 5.56 Å². The van der Waals surface area contributed by atoms with Gasteiger partial charge in [0.05, 0.1) is 20.8 Å². The number of methoxy groups -OCH3 is 2. The summed E-state index contributed by atoms with van der Waals surface area (Å²) < 4.78 is 15.8. The van der Waals surface area contributed by atoms with Gasteiger partial charge < -0.3 is 24.6 Å². The van der Waals surface area contributed by atoms with Crippen LogP contribution in [-0.4, -0.2) is 37.2 Å². The van der Waals surface area contributed by atoms with Gasteiger partial charge in [-0.05, 0) is 24.6 Å². The van der Waals surface area contributed by atoms with Gasteiger partial charge >= 0.3 is 0 Å². The van der Waals surface area contributed by atoms with Crippen LogP contribution in [0.4, 0.5) is 0 Å². The molecule has 1 unspecified atom stereocenters. The van der Waals surface area contributed by atoms with Crippen molar-refractivity contribution in [3.8, 4) is 22.8 Å². The Kier molecular flexibility index (Phi) is 4.87. The van der Waals surface area contributed by atoms with Crippen molar-refractivity contribution >= 4 is 11.8 Å². The molecule has 2 N–H and O–H groups in total. The monoisotopic (exact) mass is 345 g/mol. The third-order valence-electron chi connectivity index (χ3n) is 3.98. The fourth-order valence-corrected chi connectivity index (χ4v) is 2.63. The Bertz CT molecular complexity index is 786. The van der Waals surface area contributed by atoms with Crippen molar-refractivity contribution in [2.45, 2.75) is 25.4 Å². The number of rotatable bonds is 6. The van der Waals surface area contributed by atoms with Gasteiger partial charge in [-0.1, -0.05) is 5.16 Å². The van der Waals surface area contributed by atoms with Crippen LogP contribution in [0.3, 0.4) is 0 Å². The minimum Gasteiger partial charge on any atom is -0.493 e. The number of hydrogen-bond donors (Lipinski definition) is 2. The van der Waals surface area contributed by atoms with Crippen molar-refractivity contribution in [1.29, 1.82) is 0 Å². The topological polar surface area (TPSA) is 103 Å². The summed E-state index contributed by atoms with van der Waals surface area (Å²) in [5.41, 5.74) is 1.37. The fraction of sp³-hybridized carbons (Fsp3) is 0.353. The lowest BCUT2D eigenvalue weighted by molar-refractivity contribution is -0.125. The Labute approximate surface area is 144 Å². The molecule has 1 aliphatic rings. The molecule has 8 nitrogen and oxygen atoms in total. The normalized spacial score (nSPS) is 16.4. The van der Waals surface area contributed by atoms with E-state index < -0.39 is 6.04 Å². The van der Waals surface area contributed by atoms with Crippen LogP contribution >= 0.6 is 0 Å².